The third kappa shape index (κ3) is 4.15. The molecule has 0 saturated heterocycles. The van der Waals surface area contributed by atoms with Crippen LogP contribution in [0.5, 0.6) is 5.75 Å². The van der Waals surface area contributed by atoms with Crippen LogP contribution in [0, 0.1) is 10.1 Å². The van der Waals surface area contributed by atoms with E-state index in [1.54, 1.807) is 18.2 Å². The molecule has 3 heterocycles. The van der Waals surface area contributed by atoms with Crippen LogP contribution in [0.1, 0.15) is 62.3 Å². The maximum Gasteiger partial charge on any atom is 0.269 e. The number of non-ortho nitro benzene ring substituents is 1. The van der Waals surface area contributed by atoms with Crippen LogP contribution >= 0.6 is 0 Å². The zero-order valence-corrected chi connectivity index (χ0v) is 26.7. The van der Waals surface area contributed by atoms with Crippen molar-refractivity contribution in [2.75, 3.05) is 23.9 Å². The van der Waals surface area contributed by atoms with Gasteiger partial charge in [0.05, 0.1) is 10.3 Å². The minimum atomic E-state index is -0.717. The molecule has 3 aliphatic heterocycles. The number of para-hydroxylation sites is 2. The number of hydrogen-bond donors (Lipinski definition) is 0. The highest BCUT2D eigenvalue weighted by atomic mass is 16.6. The van der Waals surface area contributed by atoms with E-state index < -0.39 is 5.72 Å². The number of anilines is 2. The van der Waals surface area contributed by atoms with E-state index in [9.17, 15) is 10.1 Å². The van der Waals surface area contributed by atoms with Crippen LogP contribution in [0.15, 0.2) is 115 Å². The summed E-state index contributed by atoms with van der Waals surface area (Å²) in [6.45, 7) is 9.05. The highest BCUT2D eigenvalue weighted by molar-refractivity contribution is 5.78. The Kier molecular flexibility index (Phi) is 6.48. The average molecular weight is 598 g/mol. The highest BCUT2D eigenvalue weighted by Crippen LogP contribution is 2.60. The fourth-order valence-electron chi connectivity index (χ4n) is 8.12. The first-order valence-corrected chi connectivity index (χ1v) is 15.6. The molecule has 45 heavy (non-hydrogen) atoms. The average Bonchev–Trinajstić information content (AvgIpc) is 3.33. The van der Waals surface area contributed by atoms with Crippen molar-refractivity contribution in [2.24, 2.45) is 0 Å². The molecule has 4 aromatic carbocycles. The van der Waals surface area contributed by atoms with Crippen molar-refractivity contribution in [2.45, 2.75) is 56.6 Å². The first kappa shape index (κ1) is 28.9. The fourth-order valence-corrected chi connectivity index (χ4v) is 8.12. The molecule has 2 atom stereocenters. The van der Waals surface area contributed by atoms with Crippen LogP contribution < -0.4 is 14.5 Å². The molecule has 2 unspecified atom stereocenters. The molecular formula is C39H39N3O3. The molecule has 1 spiro atoms. The number of allylic oxidation sites excluding steroid dienone is 4. The van der Waals surface area contributed by atoms with E-state index >= 15 is 0 Å². The summed E-state index contributed by atoms with van der Waals surface area (Å²) in [5, 5.41) is 12.0. The van der Waals surface area contributed by atoms with Gasteiger partial charge in [-0.3, -0.25) is 10.1 Å². The summed E-state index contributed by atoms with van der Waals surface area (Å²) in [6.07, 6.45) is 5.11. The van der Waals surface area contributed by atoms with Gasteiger partial charge in [-0.1, -0.05) is 86.7 Å². The van der Waals surface area contributed by atoms with Gasteiger partial charge >= 0.3 is 0 Å². The lowest BCUT2D eigenvalue weighted by Gasteiger charge is -2.51. The minimum absolute atomic E-state index is 0.0681. The van der Waals surface area contributed by atoms with Crippen molar-refractivity contribution in [1.82, 2.24) is 0 Å². The topological polar surface area (TPSA) is 58.9 Å². The number of nitro benzene ring substituents is 1. The van der Waals surface area contributed by atoms with Crippen molar-refractivity contribution in [3.63, 3.8) is 0 Å². The van der Waals surface area contributed by atoms with Gasteiger partial charge in [-0.25, -0.2) is 0 Å². The second kappa shape index (κ2) is 10.1. The van der Waals surface area contributed by atoms with Crippen LogP contribution in [0.4, 0.5) is 17.1 Å². The summed E-state index contributed by atoms with van der Waals surface area (Å²) >= 11 is 0. The van der Waals surface area contributed by atoms with Crippen LogP contribution in [0.25, 0.3) is 5.57 Å². The number of hydrogen-bond acceptors (Lipinski definition) is 5. The number of rotatable bonds is 4. The highest BCUT2D eigenvalue weighted by Gasteiger charge is 2.61. The Labute approximate surface area is 265 Å². The molecule has 228 valence electrons. The van der Waals surface area contributed by atoms with Crippen molar-refractivity contribution >= 4 is 22.6 Å². The van der Waals surface area contributed by atoms with E-state index in [0.717, 1.165) is 22.4 Å². The van der Waals surface area contributed by atoms with Crippen molar-refractivity contribution in [3.05, 3.63) is 147 Å². The quantitative estimate of drug-likeness (QED) is 0.174. The summed E-state index contributed by atoms with van der Waals surface area (Å²) in [7, 11) is 4.24. The Morgan fingerprint density at radius 1 is 0.867 bits per heavy atom. The van der Waals surface area contributed by atoms with Gasteiger partial charge in [-0.15, -0.1) is 0 Å². The number of fused-ring (bicyclic) bond motifs is 3. The smallest absolute Gasteiger partial charge is 0.269 e. The molecule has 0 aliphatic carbocycles. The first-order valence-electron chi connectivity index (χ1n) is 15.6. The normalized spacial score (nSPS) is 23.5. The Morgan fingerprint density at radius 2 is 1.51 bits per heavy atom. The summed E-state index contributed by atoms with van der Waals surface area (Å²) in [6, 6.07) is 32.6. The molecule has 7 rings (SSSR count). The Morgan fingerprint density at radius 3 is 2.18 bits per heavy atom. The molecule has 6 nitrogen and oxygen atoms in total. The van der Waals surface area contributed by atoms with E-state index in [1.165, 1.54) is 22.5 Å². The molecule has 6 heteroatoms. The van der Waals surface area contributed by atoms with Gasteiger partial charge in [-0.2, -0.15) is 0 Å². The largest absolute Gasteiger partial charge is 0.467 e. The molecule has 0 saturated carbocycles. The van der Waals surface area contributed by atoms with Gasteiger partial charge in [0.1, 0.15) is 5.75 Å². The molecule has 0 amide bonds. The zero-order chi connectivity index (χ0) is 31.7. The minimum Gasteiger partial charge on any atom is -0.467 e. The Bertz CT molecular complexity index is 1890. The van der Waals surface area contributed by atoms with Crippen LogP contribution in [-0.4, -0.2) is 24.7 Å². The van der Waals surface area contributed by atoms with Crippen molar-refractivity contribution in [3.8, 4) is 5.75 Å². The summed E-state index contributed by atoms with van der Waals surface area (Å²) in [4.78, 5) is 16.3. The first-order chi connectivity index (χ1) is 21.5. The number of ether oxygens (including phenoxy) is 1. The Balaban J connectivity index is 1.45. The number of nitrogens with zero attached hydrogens (tertiary/aromatic N) is 3. The predicted molar refractivity (Wildman–Crippen MR) is 182 cm³/mol. The third-order valence-corrected chi connectivity index (χ3v) is 10.6. The zero-order valence-electron chi connectivity index (χ0n) is 26.7. The summed E-state index contributed by atoms with van der Waals surface area (Å²) in [5.74, 6) is 0.505. The van der Waals surface area contributed by atoms with Crippen LogP contribution in [-0.2, 0) is 10.8 Å². The molecular weight excluding hydrogens is 558 g/mol. The van der Waals surface area contributed by atoms with E-state index in [2.05, 4.69) is 137 Å². The number of benzene rings is 4. The second-order valence-electron chi connectivity index (χ2n) is 13.6. The van der Waals surface area contributed by atoms with Gasteiger partial charge in [-0.05, 0) is 60.4 Å². The second-order valence-corrected chi connectivity index (χ2v) is 13.6. The van der Waals surface area contributed by atoms with Crippen LogP contribution in [0.3, 0.4) is 0 Å². The van der Waals surface area contributed by atoms with Gasteiger partial charge in [0.25, 0.3) is 5.69 Å². The molecule has 4 aromatic rings. The molecule has 0 radical (unpaired) electrons. The third-order valence-electron chi connectivity index (χ3n) is 10.6. The SMILES string of the molecule is CN1/C(=C\C=C(/c2ccccc2)C2CC3(Oc4ccc([N+](=O)[O-])cc42)N(C)c2ccccc2C3(C)C)C(C)(C)c2ccccc21. The number of nitro groups is 1. The molecule has 0 N–H and O–H groups in total. The molecule has 0 aromatic heterocycles. The van der Waals surface area contributed by atoms with E-state index in [1.807, 2.05) is 6.07 Å². The summed E-state index contributed by atoms with van der Waals surface area (Å²) < 4.78 is 7.06. The van der Waals surface area contributed by atoms with Crippen LogP contribution in [0.2, 0.25) is 0 Å². The lowest BCUT2D eigenvalue weighted by Crippen LogP contribution is -2.61. The van der Waals surface area contributed by atoms with Crippen molar-refractivity contribution < 1.29 is 9.66 Å². The summed E-state index contributed by atoms with van der Waals surface area (Å²) in [5.41, 5.74) is 7.90. The molecule has 3 aliphatic rings. The van der Waals surface area contributed by atoms with Gasteiger partial charge in [0.2, 0.25) is 0 Å². The monoisotopic (exact) mass is 597 g/mol. The lowest BCUT2D eigenvalue weighted by atomic mass is 9.69. The van der Waals surface area contributed by atoms with E-state index in [-0.39, 0.29) is 27.4 Å². The van der Waals surface area contributed by atoms with Crippen molar-refractivity contribution in [1.29, 1.82) is 0 Å². The van der Waals surface area contributed by atoms with Gasteiger partial charge in [0.15, 0.2) is 5.72 Å². The Hall–Kier alpha value is -4.84. The van der Waals surface area contributed by atoms with Gasteiger partial charge < -0.3 is 14.5 Å². The number of likely N-dealkylation sites (N-methyl/N-ethyl adjacent to an activating group) is 2. The van der Waals surface area contributed by atoms with E-state index in [4.69, 9.17) is 4.74 Å². The maximum absolute atomic E-state index is 12.0. The fraction of sp³-hybridized carbons (Fsp3) is 0.282. The van der Waals surface area contributed by atoms with Gasteiger partial charge in [0, 0.05) is 66.6 Å². The predicted octanol–water partition coefficient (Wildman–Crippen LogP) is 8.98. The molecule has 0 fully saturated rings. The molecule has 0 bridgehead atoms. The van der Waals surface area contributed by atoms with E-state index in [0.29, 0.717) is 12.2 Å². The maximum atomic E-state index is 12.0. The lowest BCUT2D eigenvalue weighted by molar-refractivity contribution is -0.385. The standard InChI is InChI=1S/C39H39N3O3/c1-37(2)31-16-10-12-18-33(31)40(5)36(37)23-21-28(26-14-8-7-9-15-26)30-25-39(45-35-22-20-27(42(43)44)24-29(30)35)38(3,4)32-17-11-13-19-34(32)41(39)6/h7-24,30H,25H2,1-6H3/b28-21+,36-23-.